The number of nitro groups is 1. The molecule has 0 fully saturated rings. The largest absolute Gasteiger partial charge is 0.376 e. The minimum absolute atomic E-state index is 0.0305. The highest BCUT2D eigenvalue weighted by molar-refractivity contribution is 5.74. The van der Waals surface area contributed by atoms with Gasteiger partial charge in [-0.3, -0.25) is 10.1 Å². The van der Waals surface area contributed by atoms with Gasteiger partial charge in [0.15, 0.2) is 0 Å². The number of non-ortho nitro benzene ring substituents is 1. The van der Waals surface area contributed by atoms with Crippen LogP contribution in [0, 0.1) is 22.0 Å². The zero-order chi connectivity index (χ0) is 13.7. The van der Waals surface area contributed by atoms with Gasteiger partial charge in [-0.25, -0.2) is 0 Å². The lowest BCUT2D eigenvalue weighted by atomic mass is 9.96. The first-order valence-corrected chi connectivity index (χ1v) is 5.50. The third-order valence-electron chi connectivity index (χ3n) is 2.48. The van der Waals surface area contributed by atoms with Gasteiger partial charge in [-0.2, -0.15) is 0 Å². The predicted octanol–water partition coefficient (Wildman–Crippen LogP) is 2.77. The average molecular weight is 245 g/mol. The topological polar surface area (TPSA) is 63.4 Å². The van der Waals surface area contributed by atoms with Crippen LogP contribution in [0.4, 0.5) is 5.69 Å². The normalized spacial score (nSPS) is 11.1. The molecule has 0 heterocycles. The molecule has 4 nitrogen and oxygen atoms in total. The Kier molecular flexibility index (Phi) is 4.64. The van der Waals surface area contributed by atoms with Crippen LogP contribution in [0.25, 0.3) is 5.57 Å². The number of hydrogen-bond donors (Lipinski definition) is 1. The third-order valence-corrected chi connectivity index (χ3v) is 2.48. The van der Waals surface area contributed by atoms with E-state index in [4.69, 9.17) is 0 Å². The first-order valence-electron chi connectivity index (χ1n) is 5.50. The van der Waals surface area contributed by atoms with Gasteiger partial charge in [0.2, 0.25) is 0 Å². The highest BCUT2D eigenvalue weighted by Gasteiger charge is 2.13. The molecule has 0 aliphatic heterocycles. The summed E-state index contributed by atoms with van der Waals surface area (Å²) in [5.74, 6) is 5.34. The first kappa shape index (κ1) is 13.9. The number of hydrogen-bond acceptors (Lipinski definition) is 3. The lowest BCUT2D eigenvalue weighted by molar-refractivity contribution is -0.384. The van der Waals surface area contributed by atoms with E-state index in [0.717, 1.165) is 11.1 Å². The van der Waals surface area contributed by atoms with Crippen molar-refractivity contribution in [3.63, 3.8) is 0 Å². The zero-order valence-corrected chi connectivity index (χ0v) is 10.6. The molecular weight excluding hydrogens is 230 g/mol. The van der Waals surface area contributed by atoms with Crippen LogP contribution in [0.2, 0.25) is 0 Å². The number of aliphatic hydroxyl groups is 1. The van der Waals surface area contributed by atoms with Crippen molar-refractivity contribution < 1.29 is 10.0 Å². The number of nitro benzene ring substituents is 1. The fraction of sp³-hybridized carbons (Fsp3) is 0.286. The van der Waals surface area contributed by atoms with Crippen molar-refractivity contribution >= 4 is 11.3 Å². The average Bonchev–Trinajstić information content (AvgIpc) is 2.29. The molecule has 0 bridgehead atoms. The SMILES string of the molecule is CC#CC(O)C(=C(C)C)c1ccc([N+](=O)[O-])cc1. The molecular formula is C14H15NO3. The molecule has 1 rings (SSSR count). The molecule has 0 amide bonds. The Labute approximate surface area is 106 Å². The van der Waals surface area contributed by atoms with Gasteiger partial charge in [0, 0.05) is 12.1 Å². The van der Waals surface area contributed by atoms with Crippen LogP contribution in [-0.4, -0.2) is 16.1 Å². The summed E-state index contributed by atoms with van der Waals surface area (Å²) in [6.07, 6.45) is -0.874. The van der Waals surface area contributed by atoms with E-state index in [1.165, 1.54) is 12.1 Å². The maximum Gasteiger partial charge on any atom is 0.269 e. The predicted molar refractivity (Wildman–Crippen MR) is 70.8 cm³/mol. The van der Waals surface area contributed by atoms with Crippen molar-refractivity contribution in [1.29, 1.82) is 0 Å². The monoisotopic (exact) mass is 245 g/mol. The van der Waals surface area contributed by atoms with Crippen molar-refractivity contribution in [2.75, 3.05) is 0 Å². The maximum absolute atomic E-state index is 10.6. The summed E-state index contributed by atoms with van der Waals surface area (Å²) in [6, 6.07) is 6.09. The van der Waals surface area contributed by atoms with Gasteiger partial charge in [0.1, 0.15) is 6.10 Å². The van der Waals surface area contributed by atoms with Gasteiger partial charge in [0.05, 0.1) is 4.92 Å². The van der Waals surface area contributed by atoms with Gasteiger partial charge in [0.25, 0.3) is 5.69 Å². The summed E-state index contributed by atoms with van der Waals surface area (Å²) in [7, 11) is 0. The molecule has 1 unspecified atom stereocenters. The Morgan fingerprint density at radius 2 is 1.89 bits per heavy atom. The number of nitrogens with zero attached hydrogens (tertiary/aromatic N) is 1. The lowest BCUT2D eigenvalue weighted by Gasteiger charge is -2.12. The Bertz CT molecular complexity index is 528. The Hall–Kier alpha value is -2.12. The summed E-state index contributed by atoms with van der Waals surface area (Å²) in [5.41, 5.74) is 2.40. The molecule has 1 N–H and O–H groups in total. The van der Waals surface area contributed by atoms with Gasteiger partial charge < -0.3 is 5.11 Å². The standard InChI is InChI=1S/C14H15NO3/c1-4-5-13(16)14(10(2)3)11-6-8-12(9-7-11)15(17)18/h6-9,13,16H,1-3H3. The Morgan fingerprint density at radius 3 is 2.28 bits per heavy atom. The van der Waals surface area contributed by atoms with Crippen molar-refractivity contribution in [3.05, 3.63) is 45.5 Å². The summed E-state index contributed by atoms with van der Waals surface area (Å²) in [5, 5.41) is 20.5. The van der Waals surface area contributed by atoms with E-state index in [2.05, 4.69) is 11.8 Å². The smallest absolute Gasteiger partial charge is 0.269 e. The fourth-order valence-corrected chi connectivity index (χ4v) is 1.69. The van der Waals surface area contributed by atoms with Crippen LogP contribution in [0.3, 0.4) is 0 Å². The molecule has 1 atom stereocenters. The van der Waals surface area contributed by atoms with Gasteiger partial charge in [-0.15, -0.1) is 5.92 Å². The van der Waals surface area contributed by atoms with E-state index in [1.54, 1.807) is 19.1 Å². The zero-order valence-electron chi connectivity index (χ0n) is 10.6. The van der Waals surface area contributed by atoms with E-state index in [1.807, 2.05) is 13.8 Å². The molecule has 0 spiro atoms. The summed E-state index contributed by atoms with van der Waals surface area (Å²) in [6.45, 7) is 5.40. The highest BCUT2D eigenvalue weighted by atomic mass is 16.6. The quantitative estimate of drug-likeness (QED) is 0.506. The van der Waals surface area contributed by atoms with Crippen LogP contribution in [0.15, 0.2) is 29.8 Å². The molecule has 1 aromatic carbocycles. The molecule has 0 saturated heterocycles. The number of benzene rings is 1. The van der Waals surface area contributed by atoms with Crippen LogP contribution in [-0.2, 0) is 0 Å². The first-order chi connectivity index (χ1) is 8.47. The van der Waals surface area contributed by atoms with Gasteiger partial charge in [-0.05, 0) is 44.0 Å². The summed E-state index contributed by atoms with van der Waals surface area (Å²) < 4.78 is 0. The van der Waals surface area contributed by atoms with E-state index < -0.39 is 11.0 Å². The van der Waals surface area contributed by atoms with Gasteiger partial charge >= 0.3 is 0 Å². The highest BCUT2D eigenvalue weighted by Crippen LogP contribution is 2.24. The molecule has 0 aliphatic carbocycles. The second kappa shape index (κ2) is 5.99. The van der Waals surface area contributed by atoms with Crippen molar-refractivity contribution in [2.24, 2.45) is 0 Å². The lowest BCUT2D eigenvalue weighted by Crippen LogP contribution is -2.08. The van der Waals surface area contributed by atoms with Crippen molar-refractivity contribution in [2.45, 2.75) is 26.9 Å². The van der Waals surface area contributed by atoms with Gasteiger partial charge in [-0.1, -0.05) is 11.5 Å². The minimum Gasteiger partial charge on any atom is -0.376 e. The Balaban J connectivity index is 3.19. The summed E-state index contributed by atoms with van der Waals surface area (Å²) in [4.78, 5) is 10.1. The van der Waals surface area contributed by atoms with Crippen molar-refractivity contribution in [3.8, 4) is 11.8 Å². The fourth-order valence-electron chi connectivity index (χ4n) is 1.69. The van der Waals surface area contributed by atoms with Crippen LogP contribution in [0.5, 0.6) is 0 Å². The second-order valence-corrected chi connectivity index (χ2v) is 4.01. The van der Waals surface area contributed by atoms with E-state index in [-0.39, 0.29) is 5.69 Å². The molecule has 0 radical (unpaired) electrons. The molecule has 4 heteroatoms. The number of allylic oxidation sites excluding steroid dienone is 1. The molecule has 0 aliphatic rings. The second-order valence-electron chi connectivity index (χ2n) is 4.01. The third kappa shape index (κ3) is 3.19. The minimum atomic E-state index is -0.874. The molecule has 18 heavy (non-hydrogen) atoms. The number of rotatable bonds is 3. The number of aliphatic hydroxyl groups excluding tert-OH is 1. The Morgan fingerprint density at radius 1 is 1.33 bits per heavy atom. The molecule has 0 saturated carbocycles. The van der Waals surface area contributed by atoms with E-state index in [0.29, 0.717) is 5.57 Å². The van der Waals surface area contributed by atoms with E-state index >= 15 is 0 Å². The summed E-state index contributed by atoms with van der Waals surface area (Å²) >= 11 is 0. The van der Waals surface area contributed by atoms with Crippen LogP contribution >= 0.6 is 0 Å². The van der Waals surface area contributed by atoms with Crippen molar-refractivity contribution in [1.82, 2.24) is 0 Å². The van der Waals surface area contributed by atoms with Crippen LogP contribution < -0.4 is 0 Å². The molecule has 94 valence electrons. The van der Waals surface area contributed by atoms with E-state index in [9.17, 15) is 15.2 Å². The molecule has 0 aromatic heterocycles. The van der Waals surface area contributed by atoms with Crippen LogP contribution in [0.1, 0.15) is 26.3 Å². The maximum atomic E-state index is 10.6. The molecule has 1 aromatic rings.